The third-order valence-corrected chi connectivity index (χ3v) is 3.19. The summed E-state index contributed by atoms with van der Waals surface area (Å²) in [6.07, 6.45) is 0. The van der Waals surface area contributed by atoms with Crippen molar-refractivity contribution in [3.63, 3.8) is 0 Å². The van der Waals surface area contributed by atoms with Crippen LogP contribution < -0.4 is 14.8 Å². The first-order valence-corrected chi connectivity index (χ1v) is 7.19. The van der Waals surface area contributed by atoms with Gasteiger partial charge in [-0.2, -0.15) is 0 Å². The van der Waals surface area contributed by atoms with Gasteiger partial charge in [0.05, 0.1) is 18.1 Å². The summed E-state index contributed by atoms with van der Waals surface area (Å²) >= 11 is 0. The lowest BCUT2D eigenvalue weighted by Gasteiger charge is -2.09. The minimum absolute atomic E-state index is 0.0547. The van der Waals surface area contributed by atoms with Crippen LogP contribution in [0.1, 0.15) is 5.69 Å². The maximum absolute atomic E-state index is 12.0. The lowest BCUT2D eigenvalue weighted by Crippen LogP contribution is -2.21. The number of anilines is 1. The van der Waals surface area contributed by atoms with Gasteiger partial charge in [-0.1, -0.05) is 0 Å². The van der Waals surface area contributed by atoms with Gasteiger partial charge in [0, 0.05) is 6.92 Å². The Morgan fingerprint density at radius 1 is 1.19 bits per heavy atom. The number of benzene rings is 1. The van der Waals surface area contributed by atoms with Crippen LogP contribution in [0, 0.1) is 27.2 Å². The number of amides is 1. The Balaban J connectivity index is 2.11. The lowest BCUT2D eigenvalue weighted by molar-refractivity contribution is -0.390. The van der Waals surface area contributed by atoms with Crippen LogP contribution in [0.25, 0.3) is 0 Å². The van der Waals surface area contributed by atoms with E-state index in [1.165, 1.54) is 31.4 Å². The van der Waals surface area contributed by atoms with Gasteiger partial charge in [0.1, 0.15) is 17.1 Å². The second-order valence-electron chi connectivity index (χ2n) is 5.01. The molecule has 1 heterocycles. The molecule has 1 aromatic carbocycles. The molecule has 1 N–H and O–H groups in total. The maximum Gasteiger partial charge on any atom is 0.406 e. The highest BCUT2D eigenvalue weighted by molar-refractivity contribution is 5.94. The van der Waals surface area contributed by atoms with E-state index in [-0.39, 0.29) is 22.9 Å². The summed E-state index contributed by atoms with van der Waals surface area (Å²) in [7, 11) is 1.35. The van der Waals surface area contributed by atoms with Crippen LogP contribution in [0.3, 0.4) is 0 Å². The molecule has 0 saturated heterocycles. The molecule has 0 bridgehead atoms. The first-order chi connectivity index (χ1) is 12.3. The number of rotatable bonds is 7. The van der Waals surface area contributed by atoms with E-state index in [0.717, 1.165) is 6.07 Å². The molecule has 0 fully saturated rings. The topological polar surface area (TPSA) is 147 Å². The Bertz CT molecular complexity index is 869. The molecule has 0 unspecified atom stereocenters. The largest absolute Gasteiger partial charge is 0.496 e. The normalized spacial score (nSPS) is 10.1. The minimum atomic E-state index is -0.729. The fourth-order valence-electron chi connectivity index (χ4n) is 2.00. The molecule has 0 spiro atoms. The van der Waals surface area contributed by atoms with E-state index in [1.54, 1.807) is 6.92 Å². The molecular weight excluding hydrogens is 348 g/mol. The third-order valence-electron chi connectivity index (χ3n) is 3.19. The molecule has 1 aromatic heterocycles. The average molecular weight is 362 g/mol. The van der Waals surface area contributed by atoms with Gasteiger partial charge < -0.3 is 24.9 Å². The molecule has 11 nitrogen and oxygen atoms in total. The lowest BCUT2D eigenvalue weighted by atomic mass is 10.2. The highest BCUT2D eigenvalue weighted by Gasteiger charge is 2.20. The van der Waals surface area contributed by atoms with Crippen LogP contribution in [0.4, 0.5) is 17.2 Å². The summed E-state index contributed by atoms with van der Waals surface area (Å²) < 4.78 is 10.0. The van der Waals surface area contributed by atoms with Gasteiger partial charge in [0.25, 0.3) is 11.6 Å². The zero-order valence-electron chi connectivity index (χ0n) is 13.8. The smallest absolute Gasteiger partial charge is 0.406 e. The number of nitrogens with zero attached hydrogens (tertiary/aromatic N) is 3. The van der Waals surface area contributed by atoms with E-state index >= 15 is 0 Å². The first kappa shape index (κ1) is 18.6. The molecule has 0 saturated carbocycles. The third kappa shape index (κ3) is 4.41. The van der Waals surface area contributed by atoms with Crippen molar-refractivity contribution in [2.24, 2.45) is 0 Å². The van der Waals surface area contributed by atoms with Gasteiger partial charge >= 0.3 is 5.82 Å². The average Bonchev–Trinajstić information content (AvgIpc) is 2.60. The summed E-state index contributed by atoms with van der Waals surface area (Å²) in [5.74, 6) is -1.17. The van der Waals surface area contributed by atoms with Crippen LogP contribution in [0.5, 0.6) is 11.5 Å². The number of carbonyl (C=O) groups excluding carboxylic acids is 1. The van der Waals surface area contributed by atoms with Crippen molar-refractivity contribution in [3.05, 3.63) is 56.3 Å². The number of aromatic nitrogens is 1. The van der Waals surface area contributed by atoms with Gasteiger partial charge in [0.2, 0.25) is 5.75 Å². The zero-order valence-corrected chi connectivity index (χ0v) is 13.8. The Labute approximate surface area is 146 Å². The molecule has 1 amide bonds. The van der Waals surface area contributed by atoms with Gasteiger partial charge in [-0.25, -0.2) is 0 Å². The Hall–Kier alpha value is -3.76. The van der Waals surface area contributed by atoms with Crippen molar-refractivity contribution in [2.75, 3.05) is 19.0 Å². The molecule has 0 atom stereocenters. The molecule has 2 aromatic rings. The molecule has 0 aliphatic rings. The van der Waals surface area contributed by atoms with Crippen LogP contribution >= 0.6 is 0 Å². The minimum Gasteiger partial charge on any atom is -0.496 e. The number of nitrogens with one attached hydrogen (secondary N) is 1. The van der Waals surface area contributed by atoms with Crippen molar-refractivity contribution in [3.8, 4) is 11.5 Å². The Morgan fingerprint density at radius 2 is 1.92 bits per heavy atom. The number of hydrogen-bond donors (Lipinski definition) is 1. The molecule has 136 valence electrons. The number of aryl methyl sites for hydroxylation is 1. The molecule has 26 heavy (non-hydrogen) atoms. The second-order valence-corrected chi connectivity index (χ2v) is 5.01. The monoisotopic (exact) mass is 362 g/mol. The van der Waals surface area contributed by atoms with E-state index in [0.29, 0.717) is 5.69 Å². The van der Waals surface area contributed by atoms with Crippen LogP contribution in [0.2, 0.25) is 0 Å². The van der Waals surface area contributed by atoms with Crippen LogP contribution in [-0.2, 0) is 4.79 Å². The molecule has 0 aliphatic carbocycles. The quantitative estimate of drug-likeness (QED) is 0.582. The Morgan fingerprint density at radius 3 is 2.54 bits per heavy atom. The highest BCUT2D eigenvalue weighted by Crippen LogP contribution is 2.29. The zero-order chi connectivity index (χ0) is 19.3. The predicted octanol–water partition coefficient (Wildman–Crippen LogP) is 2.23. The number of carbonyl (C=O) groups is 1. The fourth-order valence-corrected chi connectivity index (χ4v) is 2.00. The highest BCUT2D eigenvalue weighted by atomic mass is 16.6. The SMILES string of the molecule is COc1ccc(NC(=O)COc2ccc(C)nc2[N+](=O)[O-])c([N+](=O)[O-])c1. The van der Waals surface area contributed by atoms with E-state index in [4.69, 9.17) is 9.47 Å². The van der Waals surface area contributed by atoms with Crippen molar-refractivity contribution in [1.29, 1.82) is 0 Å². The molecule has 2 rings (SSSR count). The summed E-state index contributed by atoms with van der Waals surface area (Å²) in [5, 5.41) is 24.4. The van der Waals surface area contributed by atoms with E-state index < -0.39 is 28.2 Å². The molecule has 11 heteroatoms. The van der Waals surface area contributed by atoms with Crippen LogP contribution in [0.15, 0.2) is 30.3 Å². The van der Waals surface area contributed by atoms with Crippen molar-refractivity contribution >= 4 is 23.1 Å². The van der Waals surface area contributed by atoms with Gasteiger partial charge in [0.15, 0.2) is 6.61 Å². The predicted molar refractivity (Wildman–Crippen MR) is 89.4 cm³/mol. The van der Waals surface area contributed by atoms with Crippen molar-refractivity contribution in [2.45, 2.75) is 6.92 Å². The second kappa shape index (κ2) is 7.88. The van der Waals surface area contributed by atoms with Gasteiger partial charge in [-0.15, -0.1) is 0 Å². The molecule has 0 radical (unpaired) electrons. The standard InChI is InChI=1S/C15H14N4O7/c1-9-3-6-13(15(16-9)19(23)24)26-8-14(20)17-11-5-4-10(25-2)7-12(11)18(21)22/h3-7H,8H2,1-2H3,(H,17,20). The summed E-state index contributed by atoms with van der Waals surface area (Å²) in [4.78, 5) is 36.4. The van der Waals surface area contributed by atoms with Crippen molar-refractivity contribution < 1.29 is 24.1 Å². The maximum atomic E-state index is 12.0. The number of nitro benzene ring substituents is 1. The molecule has 0 aliphatic heterocycles. The number of ether oxygens (including phenoxy) is 2. The summed E-state index contributed by atoms with van der Waals surface area (Å²) in [5.41, 5.74) is 0.00368. The first-order valence-electron chi connectivity index (χ1n) is 7.19. The van der Waals surface area contributed by atoms with Gasteiger partial charge in [-0.05, 0) is 34.2 Å². The fraction of sp³-hybridized carbons (Fsp3) is 0.200. The number of pyridine rings is 1. The van der Waals surface area contributed by atoms with Crippen LogP contribution in [-0.4, -0.2) is 34.5 Å². The Kier molecular flexibility index (Phi) is 5.63. The molecular formula is C15H14N4O7. The van der Waals surface area contributed by atoms with E-state index in [1.807, 2.05) is 0 Å². The van der Waals surface area contributed by atoms with E-state index in [9.17, 15) is 25.0 Å². The summed E-state index contributed by atoms with van der Waals surface area (Å²) in [6, 6.07) is 6.73. The van der Waals surface area contributed by atoms with Gasteiger partial charge in [-0.3, -0.25) is 14.9 Å². The number of methoxy groups -OCH3 is 1. The van der Waals surface area contributed by atoms with E-state index in [2.05, 4.69) is 10.3 Å². The number of hydrogen-bond acceptors (Lipinski definition) is 8. The van der Waals surface area contributed by atoms with Crippen molar-refractivity contribution in [1.82, 2.24) is 4.98 Å². The number of nitro groups is 2. The summed E-state index contributed by atoms with van der Waals surface area (Å²) in [6.45, 7) is 0.987.